The monoisotopic (exact) mass is 356 g/mol. The molecule has 1 aromatic carbocycles. The molecule has 0 spiro atoms. The molecule has 7 heteroatoms. The topological polar surface area (TPSA) is 83.1 Å². The fourth-order valence-corrected chi connectivity index (χ4v) is 2.65. The van der Waals surface area contributed by atoms with Gasteiger partial charge in [-0.15, -0.1) is 18.3 Å². The van der Waals surface area contributed by atoms with E-state index in [1.54, 1.807) is 36.5 Å². The van der Waals surface area contributed by atoms with E-state index in [0.29, 0.717) is 29.4 Å². The average Bonchev–Trinajstić information content (AvgIpc) is 2.62. The highest BCUT2D eigenvalue weighted by molar-refractivity contribution is 7.99. The summed E-state index contributed by atoms with van der Waals surface area (Å²) in [6.07, 6.45) is 3.34. The molecular weight excluding hydrogens is 336 g/mol. The number of amides is 3. The predicted octanol–water partition coefficient (Wildman–Crippen LogP) is 3.26. The lowest BCUT2D eigenvalue weighted by Crippen LogP contribution is -2.28. The van der Waals surface area contributed by atoms with Gasteiger partial charge < -0.3 is 16.0 Å². The molecule has 0 bridgehead atoms. The summed E-state index contributed by atoms with van der Waals surface area (Å²) in [5.74, 6) is 0.961. The summed E-state index contributed by atoms with van der Waals surface area (Å²) in [6.45, 7) is 3.93. The molecule has 0 atom stereocenters. The molecule has 0 aliphatic carbocycles. The third-order valence-corrected chi connectivity index (χ3v) is 4.01. The van der Waals surface area contributed by atoms with Crippen LogP contribution in [0.5, 0.6) is 0 Å². The second kappa shape index (κ2) is 10.1. The van der Waals surface area contributed by atoms with E-state index in [0.717, 1.165) is 5.69 Å². The molecule has 0 saturated heterocycles. The maximum absolute atomic E-state index is 11.9. The summed E-state index contributed by atoms with van der Waals surface area (Å²) in [7, 11) is 0. The van der Waals surface area contributed by atoms with Gasteiger partial charge >= 0.3 is 6.03 Å². The van der Waals surface area contributed by atoms with E-state index in [1.165, 1.54) is 11.8 Å². The highest BCUT2D eigenvalue weighted by Crippen LogP contribution is 2.15. The summed E-state index contributed by atoms with van der Waals surface area (Å²) in [5, 5.41) is 8.13. The van der Waals surface area contributed by atoms with Crippen molar-refractivity contribution in [3.63, 3.8) is 0 Å². The maximum Gasteiger partial charge on any atom is 0.319 e. The predicted molar refractivity (Wildman–Crippen MR) is 103 cm³/mol. The van der Waals surface area contributed by atoms with Crippen molar-refractivity contribution in [3.8, 4) is 0 Å². The largest absolute Gasteiger partial charge is 0.334 e. The Hall–Kier alpha value is -2.80. The van der Waals surface area contributed by atoms with Gasteiger partial charge in [0, 0.05) is 29.9 Å². The smallest absolute Gasteiger partial charge is 0.319 e. The van der Waals surface area contributed by atoms with Gasteiger partial charge in [0.15, 0.2) is 0 Å². The summed E-state index contributed by atoms with van der Waals surface area (Å²) in [6, 6.07) is 12.4. The van der Waals surface area contributed by atoms with Gasteiger partial charge in [0.25, 0.3) is 0 Å². The van der Waals surface area contributed by atoms with Crippen molar-refractivity contribution >= 4 is 35.1 Å². The van der Waals surface area contributed by atoms with Crippen LogP contribution >= 0.6 is 11.8 Å². The number of nitrogens with one attached hydrogen (secondary N) is 3. The number of pyridine rings is 1. The number of carbonyl (C=O) groups is 2. The van der Waals surface area contributed by atoms with E-state index in [2.05, 4.69) is 27.5 Å². The van der Waals surface area contributed by atoms with Crippen molar-refractivity contribution in [3.05, 3.63) is 67.0 Å². The molecule has 0 radical (unpaired) electrons. The molecule has 1 heterocycles. The van der Waals surface area contributed by atoms with Crippen LogP contribution in [0, 0.1) is 0 Å². The van der Waals surface area contributed by atoms with Crippen LogP contribution < -0.4 is 16.0 Å². The van der Waals surface area contributed by atoms with Gasteiger partial charge in [-0.3, -0.25) is 9.78 Å². The minimum atomic E-state index is -0.303. The Bertz CT molecular complexity index is 705. The van der Waals surface area contributed by atoms with E-state index in [1.807, 2.05) is 18.2 Å². The molecule has 6 nitrogen and oxygen atoms in total. The quantitative estimate of drug-likeness (QED) is 0.634. The standard InChI is InChI=1S/C18H20N4O2S/c1-2-10-20-18(24)22-15-8-6-14(7-9-15)21-17(23)13-25-12-16-5-3-4-11-19-16/h2-9,11H,1,10,12-13H2,(H,21,23)(H2,20,22,24). The van der Waals surface area contributed by atoms with Gasteiger partial charge in [0.2, 0.25) is 5.91 Å². The molecule has 3 N–H and O–H groups in total. The molecule has 0 fully saturated rings. The zero-order valence-electron chi connectivity index (χ0n) is 13.7. The maximum atomic E-state index is 11.9. The van der Waals surface area contributed by atoms with E-state index in [-0.39, 0.29) is 11.9 Å². The first kappa shape index (κ1) is 18.5. The Morgan fingerprint density at radius 1 is 1.08 bits per heavy atom. The van der Waals surface area contributed by atoms with Crippen molar-refractivity contribution in [2.24, 2.45) is 0 Å². The Labute approximate surface area is 151 Å². The van der Waals surface area contributed by atoms with Gasteiger partial charge in [-0.1, -0.05) is 12.1 Å². The van der Waals surface area contributed by atoms with Crippen molar-refractivity contribution in [1.82, 2.24) is 10.3 Å². The molecule has 3 amide bonds. The first-order valence-electron chi connectivity index (χ1n) is 7.70. The number of urea groups is 1. The lowest BCUT2D eigenvalue weighted by Gasteiger charge is -2.08. The van der Waals surface area contributed by atoms with E-state index >= 15 is 0 Å². The fourth-order valence-electron chi connectivity index (χ4n) is 1.91. The molecular formula is C18H20N4O2S. The van der Waals surface area contributed by atoms with Crippen LogP contribution in [-0.2, 0) is 10.5 Å². The van der Waals surface area contributed by atoms with Crippen LogP contribution in [-0.4, -0.2) is 29.2 Å². The normalized spacial score (nSPS) is 9.92. The first-order valence-corrected chi connectivity index (χ1v) is 8.86. The molecule has 0 unspecified atom stereocenters. The zero-order valence-corrected chi connectivity index (χ0v) is 14.5. The molecule has 25 heavy (non-hydrogen) atoms. The zero-order chi connectivity index (χ0) is 17.9. The van der Waals surface area contributed by atoms with Crippen LogP contribution in [0.25, 0.3) is 0 Å². The van der Waals surface area contributed by atoms with Gasteiger partial charge in [0.1, 0.15) is 0 Å². The summed E-state index contributed by atoms with van der Waals surface area (Å²) in [5.41, 5.74) is 2.27. The number of anilines is 2. The lowest BCUT2D eigenvalue weighted by atomic mass is 10.3. The Morgan fingerprint density at radius 3 is 2.44 bits per heavy atom. The average molecular weight is 356 g/mol. The number of carbonyl (C=O) groups excluding carboxylic acids is 2. The Morgan fingerprint density at radius 2 is 1.80 bits per heavy atom. The van der Waals surface area contributed by atoms with Crippen molar-refractivity contribution in [1.29, 1.82) is 0 Å². The van der Waals surface area contributed by atoms with Crippen LogP contribution in [0.1, 0.15) is 5.69 Å². The minimum absolute atomic E-state index is 0.0784. The molecule has 0 aliphatic heterocycles. The number of hydrogen-bond donors (Lipinski definition) is 3. The highest BCUT2D eigenvalue weighted by atomic mass is 32.2. The molecule has 2 aromatic rings. The fraction of sp³-hybridized carbons (Fsp3) is 0.167. The van der Waals surface area contributed by atoms with Crippen LogP contribution in [0.15, 0.2) is 61.3 Å². The first-order chi connectivity index (χ1) is 12.2. The Balaban J connectivity index is 1.73. The SMILES string of the molecule is C=CCNC(=O)Nc1ccc(NC(=O)CSCc2ccccn2)cc1. The summed E-state index contributed by atoms with van der Waals surface area (Å²) >= 11 is 1.50. The summed E-state index contributed by atoms with van der Waals surface area (Å²) < 4.78 is 0. The van der Waals surface area contributed by atoms with Crippen LogP contribution in [0.4, 0.5) is 16.2 Å². The van der Waals surface area contributed by atoms with Crippen LogP contribution in [0.3, 0.4) is 0 Å². The van der Waals surface area contributed by atoms with Crippen molar-refractivity contribution < 1.29 is 9.59 Å². The molecule has 0 saturated carbocycles. The molecule has 1 aromatic heterocycles. The molecule has 0 aliphatic rings. The molecule has 2 rings (SSSR count). The second-order valence-electron chi connectivity index (χ2n) is 5.06. The number of benzene rings is 1. The van der Waals surface area contributed by atoms with Gasteiger partial charge in [-0.25, -0.2) is 4.79 Å². The number of rotatable bonds is 8. The number of hydrogen-bond acceptors (Lipinski definition) is 4. The Kier molecular flexibility index (Phi) is 7.52. The van der Waals surface area contributed by atoms with E-state index < -0.39 is 0 Å². The van der Waals surface area contributed by atoms with Crippen molar-refractivity contribution in [2.45, 2.75) is 5.75 Å². The van der Waals surface area contributed by atoms with Crippen molar-refractivity contribution in [2.75, 3.05) is 22.9 Å². The molecule has 130 valence electrons. The van der Waals surface area contributed by atoms with Gasteiger partial charge in [0.05, 0.1) is 11.4 Å². The number of aromatic nitrogens is 1. The summed E-state index contributed by atoms with van der Waals surface area (Å²) in [4.78, 5) is 27.7. The third-order valence-electron chi connectivity index (χ3n) is 3.04. The van der Waals surface area contributed by atoms with Crippen LogP contribution in [0.2, 0.25) is 0 Å². The minimum Gasteiger partial charge on any atom is -0.334 e. The highest BCUT2D eigenvalue weighted by Gasteiger charge is 2.04. The number of nitrogens with zero attached hydrogens (tertiary/aromatic N) is 1. The second-order valence-corrected chi connectivity index (χ2v) is 6.05. The van der Waals surface area contributed by atoms with Gasteiger partial charge in [-0.2, -0.15) is 0 Å². The third kappa shape index (κ3) is 7.09. The van der Waals surface area contributed by atoms with E-state index in [9.17, 15) is 9.59 Å². The number of thioether (sulfide) groups is 1. The van der Waals surface area contributed by atoms with Gasteiger partial charge in [-0.05, 0) is 36.4 Å². The lowest BCUT2D eigenvalue weighted by molar-refractivity contribution is -0.113. The van der Waals surface area contributed by atoms with E-state index in [4.69, 9.17) is 0 Å².